The van der Waals surface area contributed by atoms with E-state index in [4.69, 9.17) is 15.2 Å². The average Bonchev–Trinajstić information content (AvgIpc) is 3.18. The first kappa shape index (κ1) is 16.9. The molecule has 4 N–H and O–H groups in total. The Morgan fingerprint density at radius 1 is 1.20 bits per heavy atom. The largest absolute Gasteiger partial charge is 0.387 e. The van der Waals surface area contributed by atoms with Gasteiger partial charge < -0.3 is 30.3 Å². The summed E-state index contributed by atoms with van der Waals surface area (Å²) in [7, 11) is 0. The first-order valence-corrected chi connectivity index (χ1v) is 8.94. The van der Waals surface area contributed by atoms with Gasteiger partial charge in [-0.05, 0) is 12.8 Å². The van der Waals surface area contributed by atoms with Gasteiger partial charge in [0.05, 0.1) is 19.0 Å². The first-order chi connectivity index (χ1) is 12.1. The fraction of sp³-hybridized carbons (Fsp3) is 0.812. The van der Waals surface area contributed by atoms with Gasteiger partial charge in [-0.25, -0.2) is 9.98 Å². The van der Waals surface area contributed by atoms with E-state index in [1.165, 1.54) is 25.6 Å². The zero-order valence-electron chi connectivity index (χ0n) is 14.0. The maximum absolute atomic E-state index is 10.4. The van der Waals surface area contributed by atoms with Gasteiger partial charge in [0.15, 0.2) is 12.4 Å². The molecule has 2 unspecified atom stereocenters. The summed E-state index contributed by atoms with van der Waals surface area (Å²) < 4.78 is 11.8. The summed E-state index contributed by atoms with van der Waals surface area (Å²) in [5.41, 5.74) is 5.85. The van der Waals surface area contributed by atoms with Crippen LogP contribution in [0.2, 0.25) is 0 Å². The van der Waals surface area contributed by atoms with Crippen molar-refractivity contribution in [3.63, 3.8) is 0 Å². The van der Waals surface area contributed by atoms with Crippen LogP contribution in [0.1, 0.15) is 32.1 Å². The molecule has 0 aromatic carbocycles. The Bertz CT molecular complexity index is 577. The van der Waals surface area contributed by atoms with Gasteiger partial charge in [-0.2, -0.15) is 0 Å². The fourth-order valence-electron chi connectivity index (χ4n) is 3.88. The van der Waals surface area contributed by atoms with Gasteiger partial charge in [-0.15, -0.1) is 0 Å². The standard InChI is InChI=1S/C16H25N5O4/c17-14-11-15(19-7-18-14)21(8-20-11)16-13(23)12(22)10(25-16)6-24-9-4-2-1-3-5-9/h7-13,15-16,22-23H,1-6H2,(H2,17,18,19)/t10-,11?,12-,13-,15?,16-/m1/s1. The SMILES string of the molecule is NC1=NC=NC2C1N=CN2[C@@H]1O[C@H](COC2CCCCC2)[C@@H](O)[C@H]1O. The minimum absolute atomic E-state index is 0.220. The van der Waals surface area contributed by atoms with Crippen molar-refractivity contribution in [1.29, 1.82) is 0 Å². The highest BCUT2D eigenvalue weighted by Crippen LogP contribution is 2.30. The summed E-state index contributed by atoms with van der Waals surface area (Å²) in [6, 6.07) is -0.379. The lowest BCUT2D eigenvalue weighted by Gasteiger charge is -2.31. The van der Waals surface area contributed by atoms with Crippen molar-refractivity contribution in [2.24, 2.45) is 20.7 Å². The van der Waals surface area contributed by atoms with Crippen molar-refractivity contribution in [1.82, 2.24) is 4.90 Å². The van der Waals surface area contributed by atoms with Crippen molar-refractivity contribution in [3.8, 4) is 0 Å². The quantitative estimate of drug-likeness (QED) is 0.610. The van der Waals surface area contributed by atoms with Gasteiger partial charge in [0.2, 0.25) is 0 Å². The van der Waals surface area contributed by atoms with Crippen LogP contribution in [0.25, 0.3) is 0 Å². The lowest BCUT2D eigenvalue weighted by Crippen LogP contribution is -2.51. The maximum Gasteiger partial charge on any atom is 0.162 e. The Morgan fingerprint density at radius 3 is 2.80 bits per heavy atom. The van der Waals surface area contributed by atoms with E-state index >= 15 is 0 Å². The van der Waals surface area contributed by atoms with Crippen LogP contribution in [-0.2, 0) is 9.47 Å². The Hall–Kier alpha value is -1.55. The zero-order chi connectivity index (χ0) is 17.4. The number of hydrogen-bond acceptors (Lipinski definition) is 9. The molecule has 0 bridgehead atoms. The van der Waals surface area contributed by atoms with Crippen LogP contribution in [0, 0.1) is 0 Å². The zero-order valence-corrected chi connectivity index (χ0v) is 14.0. The van der Waals surface area contributed by atoms with E-state index in [0.717, 1.165) is 12.8 Å². The van der Waals surface area contributed by atoms with E-state index in [9.17, 15) is 10.2 Å². The summed E-state index contributed by atoms with van der Waals surface area (Å²) in [5.74, 6) is 0.379. The third-order valence-corrected chi connectivity index (χ3v) is 5.36. The molecule has 3 aliphatic heterocycles. The summed E-state index contributed by atoms with van der Waals surface area (Å²) in [6.45, 7) is 0.269. The van der Waals surface area contributed by atoms with Gasteiger partial charge in [0.1, 0.15) is 36.5 Å². The predicted molar refractivity (Wildman–Crippen MR) is 91.5 cm³/mol. The number of aliphatic imine (C=N–C) groups is 3. The molecule has 3 heterocycles. The number of aliphatic hydroxyl groups excluding tert-OH is 2. The molecule has 0 aromatic heterocycles. The molecule has 25 heavy (non-hydrogen) atoms. The smallest absolute Gasteiger partial charge is 0.162 e. The average molecular weight is 351 g/mol. The maximum atomic E-state index is 10.4. The normalized spacial score (nSPS) is 41.2. The van der Waals surface area contributed by atoms with Crippen LogP contribution in [0.3, 0.4) is 0 Å². The molecule has 1 saturated carbocycles. The molecule has 1 aliphatic carbocycles. The van der Waals surface area contributed by atoms with Crippen LogP contribution >= 0.6 is 0 Å². The highest BCUT2D eigenvalue weighted by atomic mass is 16.6. The van der Waals surface area contributed by atoms with E-state index in [1.54, 1.807) is 11.2 Å². The Kier molecular flexibility index (Phi) is 4.72. The molecule has 0 amide bonds. The number of amidine groups is 1. The predicted octanol–water partition coefficient (Wildman–Crippen LogP) is -0.780. The van der Waals surface area contributed by atoms with Crippen LogP contribution < -0.4 is 5.73 Å². The van der Waals surface area contributed by atoms with Crippen molar-refractivity contribution in [2.45, 2.75) is 75.0 Å². The summed E-state index contributed by atoms with van der Waals surface area (Å²) in [4.78, 5) is 14.2. The lowest BCUT2D eigenvalue weighted by atomic mass is 9.98. The summed E-state index contributed by atoms with van der Waals surface area (Å²) in [6.07, 6.45) is 5.08. The minimum atomic E-state index is -1.07. The van der Waals surface area contributed by atoms with E-state index in [2.05, 4.69) is 15.0 Å². The Balaban J connectivity index is 1.38. The molecule has 0 spiro atoms. The van der Waals surface area contributed by atoms with Crippen molar-refractivity contribution < 1.29 is 19.7 Å². The molecule has 4 aliphatic rings. The lowest BCUT2D eigenvalue weighted by molar-refractivity contribution is -0.0999. The van der Waals surface area contributed by atoms with E-state index < -0.39 is 30.7 Å². The van der Waals surface area contributed by atoms with Gasteiger partial charge >= 0.3 is 0 Å². The minimum Gasteiger partial charge on any atom is -0.387 e. The molecule has 0 aromatic rings. The van der Waals surface area contributed by atoms with E-state index in [-0.39, 0.29) is 18.8 Å². The second-order valence-corrected chi connectivity index (χ2v) is 7.03. The molecule has 0 radical (unpaired) electrons. The van der Waals surface area contributed by atoms with Gasteiger partial charge in [-0.1, -0.05) is 19.3 Å². The van der Waals surface area contributed by atoms with Crippen LogP contribution in [-0.4, -0.2) is 83.1 Å². The molecule has 1 saturated heterocycles. The fourth-order valence-corrected chi connectivity index (χ4v) is 3.88. The monoisotopic (exact) mass is 351 g/mol. The molecule has 9 nitrogen and oxygen atoms in total. The molecular formula is C16H25N5O4. The Labute approximate surface area is 146 Å². The number of rotatable bonds is 4. The number of hydrogen-bond donors (Lipinski definition) is 3. The van der Waals surface area contributed by atoms with Crippen molar-refractivity contribution in [3.05, 3.63) is 0 Å². The second kappa shape index (κ2) is 6.99. The van der Waals surface area contributed by atoms with Gasteiger partial charge in [0.25, 0.3) is 0 Å². The van der Waals surface area contributed by atoms with E-state index in [0.29, 0.717) is 5.84 Å². The molecule has 138 valence electrons. The number of aliphatic hydroxyl groups is 2. The molecule has 9 heteroatoms. The number of ether oxygens (including phenoxy) is 2. The van der Waals surface area contributed by atoms with Crippen molar-refractivity contribution >= 4 is 18.5 Å². The number of nitrogens with zero attached hydrogens (tertiary/aromatic N) is 4. The highest BCUT2D eigenvalue weighted by Gasteiger charge is 2.50. The van der Waals surface area contributed by atoms with Crippen LogP contribution in [0.4, 0.5) is 0 Å². The van der Waals surface area contributed by atoms with Crippen molar-refractivity contribution in [2.75, 3.05) is 6.61 Å². The van der Waals surface area contributed by atoms with Crippen LogP contribution in [0.5, 0.6) is 0 Å². The summed E-state index contributed by atoms with van der Waals surface area (Å²) >= 11 is 0. The van der Waals surface area contributed by atoms with Gasteiger partial charge in [0, 0.05) is 0 Å². The molecule has 6 atom stereocenters. The molecular weight excluding hydrogens is 326 g/mol. The number of nitrogens with two attached hydrogens (primary N) is 1. The summed E-state index contributed by atoms with van der Waals surface area (Å²) in [5, 5.41) is 20.8. The van der Waals surface area contributed by atoms with E-state index in [1.807, 2.05) is 0 Å². The second-order valence-electron chi connectivity index (χ2n) is 7.03. The molecule has 4 rings (SSSR count). The third-order valence-electron chi connectivity index (χ3n) is 5.36. The third kappa shape index (κ3) is 3.17. The van der Waals surface area contributed by atoms with Crippen LogP contribution in [0.15, 0.2) is 15.0 Å². The first-order valence-electron chi connectivity index (χ1n) is 8.94. The number of fused-ring (bicyclic) bond motifs is 1. The topological polar surface area (TPSA) is 125 Å². The molecule has 2 fully saturated rings. The highest BCUT2D eigenvalue weighted by molar-refractivity contribution is 5.96. The Morgan fingerprint density at radius 2 is 2.00 bits per heavy atom. The van der Waals surface area contributed by atoms with Gasteiger partial charge in [-0.3, -0.25) is 4.99 Å².